The fraction of sp³-hybridized carbons (Fsp3) is 0.118. The average Bonchev–Trinajstić information content (AvgIpc) is 2.81. The van der Waals surface area contributed by atoms with E-state index in [2.05, 4.69) is 15.9 Å². The number of allylic oxidation sites excluding steroid dienone is 1. The molecule has 0 aromatic heterocycles. The molecule has 0 aliphatic carbocycles. The predicted molar refractivity (Wildman–Crippen MR) is 81.2 cm³/mol. The molecule has 0 saturated carbocycles. The van der Waals surface area contributed by atoms with Gasteiger partial charge in [-0.3, -0.25) is 4.79 Å². The van der Waals surface area contributed by atoms with Crippen LogP contribution in [0, 0.1) is 0 Å². The van der Waals surface area contributed by atoms with E-state index < -0.39 is 0 Å². The minimum atomic E-state index is -0.290. The zero-order valence-electron chi connectivity index (χ0n) is 10.8. The van der Waals surface area contributed by atoms with Crippen molar-refractivity contribution in [3.63, 3.8) is 0 Å². The van der Waals surface area contributed by atoms with E-state index in [9.17, 15) is 4.79 Å². The summed E-state index contributed by atoms with van der Waals surface area (Å²) in [6.07, 6.45) is 2.57. The Morgan fingerprint density at radius 2 is 1.70 bits per heavy atom. The van der Waals surface area contributed by atoms with Crippen LogP contribution < -0.4 is 0 Å². The van der Waals surface area contributed by atoms with Crippen molar-refractivity contribution in [2.24, 2.45) is 0 Å². The molecule has 0 saturated heterocycles. The van der Waals surface area contributed by atoms with Crippen molar-refractivity contribution >= 4 is 21.9 Å². The monoisotopic (exact) mass is 328 g/mol. The van der Waals surface area contributed by atoms with Crippen LogP contribution in [0.2, 0.25) is 0 Å². The maximum atomic E-state index is 12.0. The molecule has 0 radical (unpaired) electrons. The van der Waals surface area contributed by atoms with Crippen LogP contribution in [0.5, 0.6) is 0 Å². The van der Waals surface area contributed by atoms with Crippen molar-refractivity contribution in [2.45, 2.75) is 12.3 Å². The number of carbonyl (C=O) groups excluding carboxylic acids is 1. The van der Waals surface area contributed by atoms with Crippen molar-refractivity contribution in [1.82, 2.24) is 0 Å². The highest BCUT2D eigenvalue weighted by Gasteiger charge is 2.28. The van der Waals surface area contributed by atoms with Crippen molar-refractivity contribution in [3.8, 4) is 0 Å². The first-order valence-corrected chi connectivity index (χ1v) is 7.23. The lowest BCUT2D eigenvalue weighted by atomic mass is 9.99. The van der Waals surface area contributed by atoms with Gasteiger partial charge in [-0.25, -0.2) is 0 Å². The Morgan fingerprint density at radius 1 is 1.00 bits per heavy atom. The zero-order chi connectivity index (χ0) is 13.9. The maximum Gasteiger partial charge on any atom is 0.322 e. The number of carbonyl (C=O) groups is 1. The highest BCUT2D eigenvalue weighted by molar-refractivity contribution is 9.10. The van der Waals surface area contributed by atoms with E-state index in [0.29, 0.717) is 6.42 Å². The van der Waals surface area contributed by atoms with Gasteiger partial charge in [0.1, 0.15) is 11.7 Å². The van der Waals surface area contributed by atoms with E-state index >= 15 is 0 Å². The van der Waals surface area contributed by atoms with E-state index in [4.69, 9.17) is 4.74 Å². The lowest BCUT2D eigenvalue weighted by molar-refractivity contribution is -0.137. The summed E-state index contributed by atoms with van der Waals surface area (Å²) in [6, 6.07) is 17.8. The Morgan fingerprint density at radius 3 is 2.40 bits per heavy atom. The van der Waals surface area contributed by atoms with Crippen LogP contribution in [0.3, 0.4) is 0 Å². The van der Waals surface area contributed by atoms with E-state index in [-0.39, 0.29) is 11.9 Å². The molecule has 20 heavy (non-hydrogen) atoms. The molecule has 0 amide bonds. The fourth-order valence-electron chi connectivity index (χ4n) is 2.28. The van der Waals surface area contributed by atoms with Gasteiger partial charge in [-0.2, -0.15) is 0 Å². The first kappa shape index (κ1) is 13.1. The second-order valence-electron chi connectivity index (χ2n) is 4.75. The van der Waals surface area contributed by atoms with Crippen LogP contribution >= 0.6 is 15.9 Å². The van der Waals surface area contributed by atoms with Crippen LogP contribution in [0.4, 0.5) is 0 Å². The van der Waals surface area contributed by atoms with Gasteiger partial charge in [0, 0.05) is 10.9 Å². The minimum absolute atomic E-state index is 0.196. The van der Waals surface area contributed by atoms with Crippen LogP contribution in [-0.2, 0) is 16.0 Å². The van der Waals surface area contributed by atoms with Crippen LogP contribution in [0.25, 0.3) is 0 Å². The lowest BCUT2D eigenvalue weighted by Gasteiger charge is -2.04. The summed E-state index contributed by atoms with van der Waals surface area (Å²) in [4.78, 5) is 12.0. The number of halogens is 1. The molecule has 0 spiro atoms. The first-order chi connectivity index (χ1) is 9.72. The molecule has 3 rings (SSSR count). The molecule has 3 heteroatoms. The average molecular weight is 329 g/mol. The molecule has 2 nitrogen and oxygen atoms in total. The normalized spacial score (nSPS) is 17.8. The van der Waals surface area contributed by atoms with Crippen LogP contribution in [-0.4, -0.2) is 5.97 Å². The number of cyclic esters (lactones) is 1. The number of esters is 1. The Balaban J connectivity index is 1.80. The molecule has 0 fully saturated rings. The highest BCUT2D eigenvalue weighted by Crippen LogP contribution is 2.30. The van der Waals surface area contributed by atoms with Gasteiger partial charge in [0.05, 0.1) is 0 Å². The number of ether oxygens (including phenoxy) is 1. The predicted octanol–water partition coefficient (Wildman–Crippen LogP) is 4.22. The standard InChI is InChI=1S/C17H13BrO2/c18-14-8-6-13(7-9-14)16-11-15(20-17(16)19)10-12-4-2-1-3-5-12/h1-9,11,16H,10H2. The molecular weight excluding hydrogens is 316 g/mol. The molecule has 0 bridgehead atoms. The van der Waals surface area contributed by atoms with Crippen molar-refractivity contribution in [3.05, 3.63) is 82.0 Å². The quantitative estimate of drug-likeness (QED) is 0.788. The topological polar surface area (TPSA) is 26.3 Å². The van der Waals surface area contributed by atoms with Gasteiger partial charge in [-0.1, -0.05) is 58.4 Å². The molecule has 0 N–H and O–H groups in total. The number of hydrogen-bond donors (Lipinski definition) is 0. The summed E-state index contributed by atoms with van der Waals surface area (Å²) in [5.41, 5.74) is 2.10. The summed E-state index contributed by atoms with van der Waals surface area (Å²) in [7, 11) is 0. The van der Waals surface area contributed by atoms with Gasteiger partial charge in [-0.15, -0.1) is 0 Å². The molecule has 1 aliphatic rings. The Bertz CT molecular complexity index is 644. The smallest absolute Gasteiger partial charge is 0.322 e. The summed E-state index contributed by atoms with van der Waals surface area (Å²) in [5, 5.41) is 0. The Hall–Kier alpha value is -1.87. The zero-order valence-corrected chi connectivity index (χ0v) is 12.3. The maximum absolute atomic E-state index is 12.0. The SMILES string of the molecule is O=C1OC(Cc2ccccc2)=CC1c1ccc(Br)cc1. The largest absolute Gasteiger partial charge is 0.430 e. The number of benzene rings is 2. The summed E-state index contributed by atoms with van der Waals surface area (Å²) in [5.74, 6) is 0.245. The van der Waals surface area contributed by atoms with Crippen LogP contribution in [0.1, 0.15) is 17.0 Å². The lowest BCUT2D eigenvalue weighted by Crippen LogP contribution is -2.06. The molecule has 1 atom stereocenters. The van der Waals surface area contributed by atoms with E-state index in [0.717, 1.165) is 21.4 Å². The fourth-order valence-corrected chi connectivity index (χ4v) is 2.54. The van der Waals surface area contributed by atoms with E-state index in [1.807, 2.05) is 60.7 Å². The van der Waals surface area contributed by atoms with Gasteiger partial charge >= 0.3 is 5.97 Å². The van der Waals surface area contributed by atoms with Gasteiger partial charge < -0.3 is 4.74 Å². The van der Waals surface area contributed by atoms with Crippen LogP contribution in [0.15, 0.2) is 70.9 Å². The van der Waals surface area contributed by atoms with E-state index in [1.165, 1.54) is 0 Å². The van der Waals surface area contributed by atoms with Gasteiger partial charge in [0.25, 0.3) is 0 Å². The third-order valence-corrected chi connectivity index (χ3v) is 3.82. The van der Waals surface area contributed by atoms with Gasteiger partial charge in [-0.05, 0) is 29.3 Å². The highest BCUT2D eigenvalue weighted by atomic mass is 79.9. The van der Waals surface area contributed by atoms with Gasteiger partial charge in [0.2, 0.25) is 0 Å². The third kappa shape index (κ3) is 2.83. The second kappa shape index (κ2) is 5.63. The summed E-state index contributed by atoms with van der Waals surface area (Å²) in [6.45, 7) is 0. The first-order valence-electron chi connectivity index (χ1n) is 6.44. The van der Waals surface area contributed by atoms with Crippen molar-refractivity contribution in [1.29, 1.82) is 0 Å². The molecule has 1 heterocycles. The number of rotatable bonds is 3. The minimum Gasteiger partial charge on any atom is -0.430 e. The van der Waals surface area contributed by atoms with Crippen molar-refractivity contribution in [2.75, 3.05) is 0 Å². The Labute approximate surface area is 126 Å². The number of hydrogen-bond acceptors (Lipinski definition) is 2. The molecule has 1 unspecified atom stereocenters. The third-order valence-electron chi connectivity index (χ3n) is 3.29. The summed E-state index contributed by atoms with van der Waals surface area (Å²) >= 11 is 3.39. The second-order valence-corrected chi connectivity index (χ2v) is 5.66. The van der Waals surface area contributed by atoms with Crippen molar-refractivity contribution < 1.29 is 9.53 Å². The molecule has 1 aliphatic heterocycles. The van der Waals surface area contributed by atoms with E-state index in [1.54, 1.807) is 0 Å². The molecule has 2 aromatic rings. The molecule has 2 aromatic carbocycles. The summed E-state index contributed by atoms with van der Waals surface area (Å²) < 4.78 is 6.37. The molecular formula is C17H13BrO2. The Kier molecular flexibility index (Phi) is 3.70. The molecule has 100 valence electrons. The van der Waals surface area contributed by atoms with Gasteiger partial charge in [0.15, 0.2) is 0 Å².